The first-order valence-electron chi connectivity index (χ1n) is 7.95. The summed E-state index contributed by atoms with van der Waals surface area (Å²) in [6, 6.07) is 7.95. The summed E-state index contributed by atoms with van der Waals surface area (Å²) in [5.41, 5.74) is 2.55. The summed E-state index contributed by atoms with van der Waals surface area (Å²) >= 11 is 1.19. The number of rotatable bonds is 4. The highest BCUT2D eigenvalue weighted by molar-refractivity contribution is 7.20. The molecule has 0 aliphatic rings. The molecule has 0 amide bonds. The van der Waals surface area contributed by atoms with Crippen molar-refractivity contribution in [2.75, 3.05) is 6.61 Å². The molecule has 3 rings (SSSR count). The van der Waals surface area contributed by atoms with Crippen LogP contribution in [0, 0.1) is 13.8 Å². The molecular formula is C19H18N2O3S. The van der Waals surface area contributed by atoms with E-state index < -0.39 is 5.97 Å². The molecule has 5 nitrogen and oxygen atoms in total. The molecule has 1 aromatic carbocycles. The van der Waals surface area contributed by atoms with Crippen LogP contribution in [0.3, 0.4) is 0 Å². The Kier molecular flexibility index (Phi) is 4.81. The summed E-state index contributed by atoms with van der Waals surface area (Å²) in [6.07, 6.45) is 3.68. The number of carbonyl (C=O) groups excluding carboxylic acids is 1. The molecule has 0 spiro atoms. The van der Waals surface area contributed by atoms with Gasteiger partial charge in [-0.15, -0.1) is 11.3 Å². The maximum Gasteiger partial charge on any atom is 0.348 e. The summed E-state index contributed by atoms with van der Waals surface area (Å²) in [6.45, 7) is 5.80. The van der Waals surface area contributed by atoms with Gasteiger partial charge in [-0.1, -0.05) is 30.3 Å². The number of hydrogen-bond acceptors (Lipinski definition) is 5. The first-order chi connectivity index (χ1) is 12.0. The van der Waals surface area contributed by atoms with Crippen molar-refractivity contribution in [3.8, 4) is 0 Å². The predicted octanol–water partition coefficient (Wildman–Crippen LogP) is 3.95. The number of aromatic nitrogens is 2. The van der Waals surface area contributed by atoms with Crippen molar-refractivity contribution in [3.63, 3.8) is 0 Å². The van der Waals surface area contributed by atoms with Gasteiger partial charge in [-0.25, -0.2) is 9.78 Å². The highest BCUT2D eigenvalue weighted by Crippen LogP contribution is 2.27. The van der Waals surface area contributed by atoms with Crippen molar-refractivity contribution in [3.05, 3.63) is 62.0 Å². The summed E-state index contributed by atoms with van der Waals surface area (Å²) in [7, 11) is 0. The fourth-order valence-corrected chi connectivity index (χ4v) is 3.66. The van der Waals surface area contributed by atoms with Crippen molar-refractivity contribution in [2.45, 2.75) is 20.8 Å². The fraction of sp³-hybridized carbons (Fsp3) is 0.211. The van der Waals surface area contributed by atoms with Gasteiger partial charge in [0.1, 0.15) is 15.5 Å². The van der Waals surface area contributed by atoms with Crippen LogP contribution in [0.4, 0.5) is 0 Å². The number of aryl methyl sites for hydroxylation is 2. The summed E-state index contributed by atoms with van der Waals surface area (Å²) in [5, 5.41) is 0.445. The summed E-state index contributed by atoms with van der Waals surface area (Å²) in [4.78, 5) is 32.6. The van der Waals surface area contributed by atoms with Crippen molar-refractivity contribution >= 4 is 39.7 Å². The van der Waals surface area contributed by atoms with Crippen LogP contribution in [0.25, 0.3) is 22.4 Å². The van der Waals surface area contributed by atoms with E-state index in [1.54, 1.807) is 19.9 Å². The average Bonchev–Trinajstić information content (AvgIpc) is 2.92. The molecule has 3 aromatic rings. The molecule has 0 bridgehead atoms. The third-order valence-corrected chi connectivity index (χ3v) is 5.05. The predicted molar refractivity (Wildman–Crippen MR) is 101 cm³/mol. The van der Waals surface area contributed by atoms with Gasteiger partial charge in [0.05, 0.1) is 12.0 Å². The normalized spacial score (nSPS) is 11.3. The molecule has 1 N–H and O–H groups in total. The van der Waals surface area contributed by atoms with Crippen molar-refractivity contribution < 1.29 is 9.53 Å². The fourth-order valence-electron chi connectivity index (χ4n) is 2.57. The molecule has 128 valence electrons. The summed E-state index contributed by atoms with van der Waals surface area (Å²) in [5.74, 6) is 0.0387. The van der Waals surface area contributed by atoms with Gasteiger partial charge >= 0.3 is 5.97 Å². The molecule has 0 unspecified atom stereocenters. The number of H-pyrrole nitrogens is 1. The van der Waals surface area contributed by atoms with Gasteiger partial charge < -0.3 is 9.72 Å². The van der Waals surface area contributed by atoms with E-state index in [1.165, 1.54) is 11.3 Å². The van der Waals surface area contributed by atoms with Crippen LogP contribution >= 0.6 is 11.3 Å². The minimum Gasteiger partial charge on any atom is -0.462 e. The van der Waals surface area contributed by atoms with Crippen molar-refractivity contribution in [2.24, 2.45) is 0 Å². The Labute approximate surface area is 149 Å². The molecule has 0 saturated carbocycles. The highest BCUT2D eigenvalue weighted by Gasteiger charge is 2.19. The van der Waals surface area contributed by atoms with Gasteiger partial charge in [-0.05, 0) is 43.5 Å². The van der Waals surface area contributed by atoms with Gasteiger partial charge in [0.2, 0.25) is 0 Å². The molecule has 6 heteroatoms. The maximum absolute atomic E-state index is 12.4. The Bertz CT molecular complexity index is 1030. The number of benzene rings is 1. The second-order valence-electron chi connectivity index (χ2n) is 5.60. The largest absolute Gasteiger partial charge is 0.462 e. The summed E-state index contributed by atoms with van der Waals surface area (Å²) < 4.78 is 5.04. The molecule has 2 heterocycles. The SMILES string of the molecule is CCOC(=O)c1sc2nc(/C=C/c3ccccc3C)[nH]c(=O)c2c1C. The number of hydrogen-bond donors (Lipinski definition) is 1. The maximum atomic E-state index is 12.4. The molecular weight excluding hydrogens is 336 g/mol. The Morgan fingerprint density at radius 1 is 1.28 bits per heavy atom. The van der Waals surface area contributed by atoms with Crippen LogP contribution in [-0.2, 0) is 4.74 Å². The van der Waals surface area contributed by atoms with E-state index in [-0.39, 0.29) is 5.56 Å². The lowest BCUT2D eigenvalue weighted by atomic mass is 10.1. The second kappa shape index (κ2) is 7.03. The van der Waals surface area contributed by atoms with E-state index >= 15 is 0 Å². The first kappa shape index (κ1) is 17.1. The minimum atomic E-state index is -0.417. The number of nitrogens with zero attached hydrogens (tertiary/aromatic N) is 1. The zero-order chi connectivity index (χ0) is 18.0. The number of esters is 1. The van der Waals surface area contributed by atoms with E-state index in [4.69, 9.17) is 4.74 Å². The number of aromatic amines is 1. The highest BCUT2D eigenvalue weighted by atomic mass is 32.1. The van der Waals surface area contributed by atoms with Gasteiger partial charge in [0, 0.05) is 0 Å². The van der Waals surface area contributed by atoms with Crippen LogP contribution < -0.4 is 5.56 Å². The molecule has 0 atom stereocenters. The smallest absolute Gasteiger partial charge is 0.348 e. The zero-order valence-electron chi connectivity index (χ0n) is 14.3. The van der Waals surface area contributed by atoms with Crippen LogP contribution in [0.2, 0.25) is 0 Å². The molecule has 0 aliphatic carbocycles. The van der Waals surface area contributed by atoms with E-state index in [0.29, 0.717) is 33.1 Å². The number of fused-ring (bicyclic) bond motifs is 1. The lowest BCUT2D eigenvalue weighted by Crippen LogP contribution is -2.10. The van der Waals surface area contributed by atoms with Gasteiger partial charge in [-0.2, -0.15) is 0 Å². The second-order valence-corrected chi connectivity index (χ2v) is 6.60. The Hall–Kier alpha value is -2.73. The topological polar surface area (TPSA) is 72.0 Å². The molecule has 0 aliphatic heterocycles. The van der Waals surface area contributed by atoms with E-state index in [1.807, 2.05) is 37.3 Å². The van der Waals surface area contributed by atoms with Gasteiger partial charge in [-0.3, -0.25) is 4.79 Å². The van der Waals surface area contributed by atoms with Crippen molar-refractivity contribution in [1.29, 1.82) is 0 Å². The third kappa shape index (κ3) is 3.39. The van der Waals surface area contributed by atoms with Crippen LogP contribution in [0.15, 0.2) is 29.1 Å². The molecule has 25 heavy (non-hydrogen) atoms. The average molecular weight is 354 g/mol. The molecule has 2 aromatic heterocycles. The zero-order valence-corrected chi connectivity index (χ0v) is 15.1. The Balaban J connectivity index is 2.03. The lowest BCUT2D eigenvalue weighted by Gasteiger charge is -1.99. The van der Waals surface area contributed by atoms with Crippen LogP contribution in [0.5, 0.6) is 0 Å². The number of nitrogens with one attached hydrogen (secondary N) is 1. The number of ether oxygens (including phenoxy) is 1. The Morgan fingerprint density at radius 2 is 2.04 bits per heavy atom. The van der Waals surface area contributed by atoms with E-state index in [9.17, 15) is 9.59 Å². The molecule has 0 saturated heterocycles. The Morgan fingerprint density at radius 3 is 2.76 bits per heavy atom. The van der Waals surface area contributed by atoms with Crippen LogP contribution in [0.1, 0.15) is 39.1 Å². The van der Waals surface area contributed by atoms with Crippen LogP contribution in [-0.4, -0.2) is 22.5 Å². The quantitative estimate of drug-likeness (QED) is 0.720. The van der Waals surface area contributed by atoms with Gasteiger partial charge in [0.25, 0.3) is 5.56 Å². The molecule has 0 fully saturated rings. The van der Waals surface area contributed by atoms with Crippen molar-refractivity contribution in [1.82, 2.24) is 9.97 Å². The monoisotopic (exact) mass is 354 g/mol. The lowest BCUT2D eigenvalue weighted by molar-refractivity contribution is 0.0531. The number of carbonyl (C=O) groups is 1. The standard InChI is InChI=1S/C19H18N2O3S/c1-4-24-19(23)16-12(3)15-17(22)20-14(21-18(15)25-16)10-9-13-8-6-5-7-11(13)2/h5-10H,4H2,1-3H3,(H,20,21,22)/b10-9+. The molecule has 0 radical (unpaired) electrons. The number of thiophene rings is 1. The van der Waals surface area contributed by atoms with E-state index in [2.05, 4.69) is 9.97 Å². The third-order valence-electron chi connectivity index (χ3n) is 3.89. The van der Waals surface area contributed by atoms with E-state index in [0.717, 1.165) is 11.1 Å². The van der Waals surface area contributed by atoms with Gasteiger partial charge in [0.15, 0.2) is 0 Å². The minimum absolute atomic E-state index is 0.251. The first-order valence-corrected chi connectivity index (χ1v) is 8.77.